The third-order valence-electron chi connectivity index (χ3n) is 5.61. The SMILES string of the molecule is CCCS(=O)(=O)Nc1cccc(-c2nc(C3CC3)[nH]c2-c2ccnc(NCC(C)NC(C)=O)n2)c1Cl. The Kier molecular flexibility index (Phi) is 7.79. The van der Waals surface area contributed by atoms with Crippen LogP contribution in [0.3, 0.4) is 0 Å². The van der Waals surface area contributed by atoms with E-state index in [9.17, 15) is 13.2 Å². The number of H-pyrrole nitrogens is 1. The van der Waals surface area contributed by atoms with Gasteiger partial charge in [-0.05, 0) is 38.3 Å². The number of anilines is 2. The van der Waals surface area contributed by atoms with E-state index in [-0.39, 0.29) is 22.7 Å². The van der Waals surface area contributed by atoms with Crippen molar-refractivity contribution in [3.8, 4) is 22.6 Å². The number of aromatic amines is 1. The quantitative estimate of drug-likeness (QED) is 0.291. The van der Waals surface area contributed by atoms with Crippen molar-refractivity contribution in [3.05, 3.63) is 41.3 Å². The molecule has 36 heavy (non-hydrogen) atoms. The van der Waals surface area contributed by atoms with Crippen LogP contribution in [0.25, 0.3) is 22.6 Å². The Labute approximate surface area is 215 Å². The van der Waals surface area contributed by atoms with E-state index in [4.69, 9.17) is 16.6 Å². The molecule has 0 aliphatic heterocycles. The molecule has 0 spiro atoms. The maximum atomic E-state index is 12.4. The Morgan fingerprint density at radius 1 is 1.25 bits per heavy atom. The number of hydrogen-bond donors (Lipinski definition) is 4. The van der Waals surface area contributed by atoms with Crippen LogP contribution in [0.2, 0.25) is 5.02 Å². The highest BCUT2D eigenvalue weighted by Gasteiger charge is 2.30. The fraction of sp³-hybridized carbons (Fsp3) is 0.417. The Morgan fingerprint density at radius 3 is 2.72 bits per heavy atom. The molecule has 1 atom stereocenters. The highest BCUT2D eigenvalue weighted by Crippen LogP contribution is 2.43. The van der Waals surface area contributed by atoms with Crippen molar-refractivity contribution in [2.45, 2.75) is 52.0 Å². The van der Waals surface area contributed by atoms with Gasteiger partial charge >= 0.3 is 0 Å². The average Bonchev–Trinajstić information content (AvgIpc) is 3.57. The summed E-state index contributed by atoms with van der Waals surface area (Å²) in [7, 11) is -3.51. The second kappa shape index (κ2) is 10.8. The molecule has 1 aliphatic carbocycles. The molecule has 3 aromatic rings. The smallest absolute Gasteiger partial charge is 0.232 e. The topological polar surface area (TPSA) is 142 Å². The van der Waals surface area contributed by atoms with Gasteiger partial charge in [-0.3, -0.25) is 9.52 Å². The van der Waals surface area contributed by atoms with Crippen LogP contribution < -0.4 is 15.4 Å². The van der Waals surface area contributed by atoms with Crippen molar-refractivity contribution >= 4 is 39.2 Å². The van der Waals surface area contributed by atoms with Gasteiger partial charge in [0.1, 0.15) is 5.82 Å². The molecular weight excluding hydrogens is 502 g/mol. The summed E-state index contributed by atoms with van der Waals surface area (Å²) in [6.45, 7) is 5.62. The summed E-state index contributed by atoms with van der Waals surface area (Å²) < 4.78 is 27.3. The minimum absolute atomic E-state index is 0.00427. The summed E-state index contributed by atoms with van der Waals surface area (Å²) >= 11 is 6.71. The normalized spacial score (nSPS) is 14.3. The van der Waals surface area contributed by atoms with Crippen LogP contribution in [0.15, 0.2) is 30.5 Å². The van der Waals surface area contributed by atoms with Crippen LogP contribution in [0, 0.1) is 0 Å². The number of benzene rings is 1. The van der Waals surface area contributed by atoms with Crippen molar-refractivity contribution < 1.29 is 13.2 Å². The molecule has 0 bridgehead atoms. The summed E-state index contributed by atoms with van der Waals surface area (Å²) in [5.74, 6) is 1.50. The van der Waals surface area contributed by atoms with Crippen LogP contribution >= 0.6 is 11.6 Å². The summed E-state index contributed by atoms with van der Waals surface area (Å²) in [5, 5.41) is 6.22. The van der Waals surface area contributed by atoms with Crippen molar-refractivity contribution in [1.82, 2.24) is 25.3 Å². The third-order valence-corrected chi connectivity index (χ3v) is 7.49. The number of amides is 1. The molecule has 192 valence electrons. The van der Waals surface area contributed by atoms with Crippen molar-refractivity contribution in [2.24, 2.45) is 0 Å². The Balaban J connectivity index is 1.68. The first-order valence-electron chi connectivity index (χ1n) is 11.9. The van der Waals surface area contributed by atoms with Crippen LogP contribution in [-0.4, -0.2) is 52.6 Å². The van der Waals surface area contributed by atoms with E-state index in [1.165, 1.54) is 6.92 Å². The molecule has 1 fully saturated rings. The van der Waals surface area contributed by atoms with Gasteiger partial charge in [0, 0.05) is 37.2 Å². The molecule has 1 amide bonds. The second-order valence-corrected chi connectivity index (χ2v) is 11.2. The predicted molar refractivity (Wildman–Crippen MR) is 142 cm³/mol. The zero-order chi connectivity index (χ0) is 25.9. The van der Waals surface area contributed by atoms with Gasteiger partial charge < -0.3 is 15.6 Å². The van der Waals surface area contributed by atoms with E-state index < -0.39 is 10.0 Å². The van der Waals surface area contributed by atoms with Crippen LogP contribution in [0.4, 0.5) is 11.6 Å². The summed E-state index contributed by atoms with van der Waals surface area (Å²) in [6, 6.07) is 6.87. The standard InChI is InChI=1S/C24H30ClN7O3S/c1-4-12-36(34,35)32-18-7-5-6-17(20(18)25)21-22(31-23(30-21)16-8-9-16)19-10-11-26-24(29-19)27-13-14(2)28-15(3)33/h5-7,10-11,14,16,32H,4,8-9,12-13H2,1-3H3,(H,28,33)(H,30,31)(H,26,27,29). The molecule has 0 saturated heterocycles. The fourth-order valence-electron chi connectivity index (χ4n) is 3.83. The van der Waals surface area contributed by atoms with E-state index in [0.717, 1.165) is 18.7 Å². The third kappa shape index (κ3) is 6.33. The van der Waals surface area contributed by atoms with Gasteiger partial charge in [0.2, 0.25) is 21.9 Å². The second-order valence-electron chi connectivity index (χ2n) is 8.96. The molecule has 4 rings (SSSR count). The molecule has 2 heterocycles. The number of imidazole rings is 1. The number of aromatic nitrogens is 4. The zero-order valence-electron chi connectivity index (χ0n) is 20.4. The lowest BCUT2D eigenvalue weighted by Crippen LogP contribution is -2.36. The lowest BCUT2D eigenvalue weighted by Gasteiger charge is -2.14. The minimum Gasteiger partial charge on any atom is -0.352 e. The van der Waals surface area contributed by atoms with Gasteiger partial charge in [0.15, 0.2) is 0 Å². The van der Waals surface area contributed by atoms with E-state index in [0.29, 0.717) is 53.2 Å². The molecule has 2 aromatic heterocycles. The Bertz CT molecular complexity index is 1360. The Hall–Kier alpha value is -3.18. The van der Waals surface area contributed by atoms with Crippen LogP contribution in [0.5, 0.6) is 0 Å². The van der Waals surface area contributed by atoms with Gasteiger partial charge in [0.25, 0.3) is 0 Å². The first-order valence-corrected chi connectivity index (χ1v) is 13.9. The van der Waals surface area contributed by atoms with Gasteiger partial charge in [-0.15, -0.1) is 0 Å². The highest BCUT2D eigenvalue weighted by molar-refractivity contribution is 7.92. The summed E-state index contributed by atoms with van der Waals surface area (Å²) in [6.07, 6.45) is 4.24. The number of sulfonamides is 1. The largest absolute Gasteiger partial charge is 0.352 e. The van der Waals surface area contributed by atoms with E-state index >= 15 is 0 Å². The monoisotopic (exact) mass is 531 g/mol. The van der Waals surface area contributed by atoms with Crippen molar-refractivity contribution in [1.29, 1.82) is 0 Å². The van der Waals surface area contributed by atoms with Crippen molar-refractivity contribution in [2.75, 3.05) is 22.3 Å². The molecule has 1 aliphatic rings. The van der Waals surface area contributed by atoms with Gasteiger partial charge in [-0.2, -0.15) is 0 Å². The molecule has 4 N–H and O–H groups in total. The number of halogens is 1. The van der Waals surface area contributed by atoms with Gasteiger partial charge in [-0.25, -0.2) is 23.4 Å². The minimum atomic E-state index is -3.51. The molecule has 10 nitrogen and oxygen atoms in total. The average molecular weight is 532 g/mol. The first-order chi connectivity index (χ1) is 17.2. The van der Waals surface area contributed by atoms with Crippen LogP contribution in [0.1, 0.15) is 51.8 Å². The lowest BCUT2D eigenvalue weighted by molar-refractivity contribution is -0.119. The highest BCUT2D eigenvalue weighted by atomic mass is 35.5. The predicted octanol–water partition coefficient (Wildman–Crippen LogP) is 4.15. The number of carbonyl (C=O) groups is 1. The molecule has 1 saturated carbocycles. The number of carbonyl (C=O) groups excluding carboxylic acids is 1. The number of nitrogens with one attached hydrogen (secondary N) is 4. The van der Waals surface area contributed by atoms with Crippen LogP contribution in [-0.2, 0) is 14.8 Å². The van der Waals surface area contributed by atoms with E-state index in [2.05, 4.69) is 30.3 Å². The summed E-state index contributed by atoms with van der Waals surface area (Å²) in [5.41, 5.74) is 2.78. The van der Waals surface area contributed by atoms with Gasteiger partial charge in [0.05, 0.1) is 33.5 Å². The molecule has 1 unspecified atom stereocenters. The number of hydrogen-bond acceptors (Lipinski definition) is 7. The lowest BCUT2D eigenvalue weighted by atomic mass is 10.1. The zero-order valence-corrected chi connectivity index (χ0v) is 22.0. The number of rotatable bonds is 11. The Morgan fingerprint density at radius 2 is 2.03 bits per heavy atom. The molecule has 1 aromatic carbocycles. The molecule has 12 heteroatoms. The first kappa shape index (κ1) is 25.9. The summed E-state index contributed by atoms with van der Waals surface area (Å²) in [4.78, 5) is 28.5. The van der Waals surface area contributed by atoms with E-state index in [1.807, 2.05) is 13.0 Å². The maximum Gasteiger partial charge on any atom is 0.232 e. The van der Waals surface area contributed by atoms with E-state index in [1.54, 1.807) is 31.3 Å². The van der Waals surface area contributed by atoms with Gasteiger partial charge in [-0.1, -0.05) is 30.7 Å². The number of nitrogens with zero attached hydrogens (tertiary/aromatic N) is 3. The molecule has 0 radical (unpaired) electrons. The fourth-order valence-corrected chi connectivity index (χ4v) is 5.29. The van der Waals surface area contributed by atoms with Crippen molar-refractivity contribution in [3.63, 3.8) is 0 Å². The maximum absolute atomic E-state index is 12.4. The molecular formula is C24H30ClN7O3S.